The summed E-state index contributed by atoms with van der Waals surface area (Å²) in [6.45, 7) is 0.570. The van der Waals surface area contributed by atoms with Gasteiger partial charge in [-0.25, -0.2) is 9.97 Å². The molecule has 17 nitrogen and oxygen atoms in total. The second-order valence-corrected chi connectivity index (χ2v) is 10.4. The molecule has 44 heavy (non-hydrogen) atoms. The molecule has 4 aromatic heterocycles. The van der Waals surface area contributed by atoms with Crippen LogP contribution in [0.25, 0.3) is 11.2 Å². The molecule has 0 radical (unpaired) electrons. The van der Waals surface area contributed by atoms with Gasteiger partial charge in [0.25, 0.3) is 6.47 Å². The number of aromatic nitrogens is 10. The molecule has 5 aromatic rings. The van der Waals surface area contributed by atoms with Crippen LogP contribution in [0, 0.1) is 0 Å². The monoisotopic (exact) mass is 604 g/mol. The van der Waals surface area contributed by atoms with E-state index < -0.39 is 24.5 Å². The smallest absolute Gasteiger partial charge is 0.293 e. The quantitative estimate of drug-likeness (QED) is 0.130. The molecular weight excluding hydrogens is 572 g/mol. The Labute approximate surface area is 250 Å². The highest BCUT2D eigenvalue weighted by molar-refractivity contribution is 5.84. The summed E-state index contributed by atoms with van der Waals surface area (Å²) in [4.78, 5) is 31.0. The summed E-state index contributed by atoms with van der Waals surface area (Å²) in [6.07, 6.45) is 1.80. The fourth-order valence-electron chi connectivity index (χ4n) is 5.15. The van der Waals surface area contributed by atoms with Crippen molar-refractivity contribution >= 4 is 29.4 Å². The van der Waals surface area contributed by atoms with E-state index in [0.29, 0.717) is 36.4 Å². The van der Waals surface area contributed by atoms with Gasteiger partial charge in [0.05, 0.1) is 38.0 Å². The Hall–Kier alpha value is -5.00. The van der Waals surface area contributed by atoms with Crippen molar-refractivity contribution in [3.05, 3.63) is 66.3 Å². The molecule has 0 aliphatic carbocycles. The van der Waals surface area contributed by atoms with Gasteiger partial charge in [-0.2, -0.15) is 14.8 Å². The number of rotatable bonds is 13. The van der Waals surface area contributed by atoms with Gasteiger partial charge in [0.15, 0.2) is 35.4 Å². The zero-order valence-corrected chi connectivity index (χ0v) is 24.0. The summed E-state index contributed by atoms with van der Waals surface area (Å²) in [5.41, 5.74) is 2.66. The van der Waals surface area contributed by atoms with Gasteiger partial charge in [0, 0.05) is 26.2 Å². The number of imidazole rings is 2. The highest BCUT2D eigenvalue weighted by Gasteiger charge is 2.49. The highest BCUT2D eigenvalue weighted by atomic mass is 16.6. The fourth-order valence-corrected chi connectivity index (χ4v) is 5.15. The van der Waals surface area contributed by atoms with Gasteiger partial charge in [-0.05, 0) is 17.2 Å². The lowest BCUT2D eigenvalue weighted by molar-refractivity contribution is -0.142. The third-order valence-corrected chi connectivity index (χ3v) is 7.21. The molecule has 5 atom stereocenters. The van der Waals surface area contributed by atoms with E-state index in [1.807, 2.05) is 48.1 Å². The number of anilines is 2. The Morgan fingerprint density at radius 3 is 2.70 bits per heavy atom. The zero-order chi connectivity index (χ0) is 30.6. The van der Waals surface area contributed by atoms with Crippen molar-refractivity contribution in [1.82, 2.24) is 49.3 Å². The Morgan fingerprint density at radius 1 is 1.16 bits per heavy atom. The van der Waals surface area contributed by atoms with Gasteiger partial charge in [-0.15, -0.1) is 10.2 Å². The van der Waals surface area contributed by atoms with Crippen LogP contribution in [0.1, 0.15) is 29.4 Å². The maximum atomic E-state index is 11.4. The number of ether oxygens (including phenoxy) is 2. The van der Waals surface area contributed by atoms with Gasteiger partial charge in [-0.1, -0.05) is 30.3 Å². The minimum Gasteiger partial charge on any atom is -0.457 e. The maximum absolute atomic E-state index is 11.4. The number of fused-ring (bicyclic) bond motifs is 1. The number of nitrogens with one attached hydrogen (secondary N) is 2. The summed E-state index contributed by atoms with van der Waals surface area (Å²) in [5, 5.41) is 39.8. The zero-order valence-electron chi connectivity index (χ0n) is 24.0. The number of benzene rings is 1. The van der Waals surface area contributed by atoms with Crippen LogP contribution >= 0.6 is 0 Å². The number of hydrogen-bond donors (Lipinski definition) is 4. The molecule has 0 saturated carbocycles. The number of hydrogen-bond acceptors (Lipinski definition) is 14. The molecule has 230 valence electrons. The van der Waals surface area contributed by atoms with Gasteiger partial charge >= 0.3 is 0 Å². The Kier molecular flexibility index (Phi) is 8.40. The first-order chi connectivity index (χ1) is 21.4. The van der Waals surface area contributed by atoms with Crippen molar-refractivity contribution in [2.45, 2.75) is 43.4 Å². The van der Waals surface area contributed by atoms with Crippen molar-refractivity contribution in [3.63, 3.8) is 0 Å². The molecule has 1 aliphatic rings. The lowest BCUT2D eigenvalue weighted by Gasteiger charge is -2.20. The van der Waals surface area contributed by atoms with Crippen LogP contribution in [0.5, 0.6) is 0 Å². The lowest BCUT2D eigenvalue weighted by Crippen LogP contribution is -2.32. The average Bonchev–Trinajstić information content (AvgIpc) is 3.81. The number of tetrazole rings is 1. The summed E-state index contributed by atoms with van der Waals surface area (Å²) < 4.78 is 14.9. The van der Waals surface area contributed by atoms with E-state index in [0.717, 1.165) is 11.3 Å². The second-order valence-electron chi connectivity index (χ2n) is 10.4. The summed E-state index contributed by atoms with van der Waals surface area (Å²) in [5.74, 6) is 0.794. The topological polar surface area (TPSA) is 205 Å². The van der Waals surface area contributed by atoms with Crippen molar-refractivity contribution in [2.75, 3.05) is 23.8 Å². The normalized spacial score (nSPS) is 20.5. The summed E-state index contributed by atoms with van der Waals surface area (Å²) >= 11 is 0. The summed E-state index contributed by atoms with van der Waals surface area (Å²) in [7, 11) is 3.49. The van der Waals surface area contributed by atoms with Crippen LogP contribution in [0.15, 0.2) is 49.2 Å². The number of carbonyl (C=O) groups is 1. The van der Waals surface area contributed by atoms with E-state index in [1.54, 1.807) is 17.9 Å². The molecule has 1 aliphatic heterocycles. The SMILES string of the molecule is Cn1cnc(CCNc2nc(N[C@H](CO)Cc3ccccc3)c3ncn([C@@H]4O[C@H](c5nnn(C)n5)[C@@H](O)[C@H]4OC=O)c3n2)c1. The number of carbonyl (C=O) groups excluding carboxylic acids is 1. The molecule has 1 aromatic carbocycles. The minimum absolute atomic E-state index is 0.131. The van der Waals surface area contributed by atoms with Gasteiger partial charge in [0.1, 0.15) is 6.10 Å². The maximum Gasteiger partial charge on any atom is 0.293 e. The van der Waals surface area contributed by atoms with Crippen LogP contribution in [-0.2, 0) is 41.2 Å². The Balaban J connectivity index is 1.34. The third-order valence-electron chi connectivity index (χ3n) is 7.21. The molecule has 6 rings (SSSR count). The van der Waals surface area contributed by atoms with Crippen LogP contribution in [0.2, 0.25) is 0 Å². The predicted octanol–water partition coefficient (Wildman–Crippen LogP) is -0.0740. The highest BCUT2D eigenvalue weighted by Crippen LogP contribution is 2.40. The first kappa shape index (κ1) is 29.1. The van der Waals surface area contributed by atoms with E-state index in [4.69, 9.17) is 14.5 Å². The van der Waals surface area contributed by atoms with E-state index in [9.17, 15) is 15.0 Å². The molecule has 0 amide bonds. The van der Waals surface area contributed by atoms with E-state index in [-0.39, 0.29) is 30.9 Å². The van der Waals surface area contributed by atoms with E-state index >= 15 is 0 Å². The Morgan fingerprint density at radius 2 is 2.00 bits per heavy atom. The molecular formula is C27H32N12O5. The van der Waals surface area contributed by atoms with Crippen molar-refractivity contribution in [3.8, 4) is 0 Å². The number of nitrogens with zero attached hydrogens (tertiary/aromatic N) is 10. The van der Waals surface area contributed by atoms with Crippen molar-refractivity contribution in [1.29, 1.82) is 0 Å². The third kappa shape index (κ3) is 6.05. The second kappa shape index (κ2) is 12.7. The molecule has 0 unspecified atom stereocenters. The van der Waals surface area contributed by atoms with Crippen LogP contribution in [0.3, 0.4) is 0 Å². The van der Waals surface area contributed by atoms with Crippen LogP contribution < -0.4 is 10.6 Å². The molecule has 1 fully saturated rings. The largest absolute Gasteiger partial charge is 0.457 e. The fraction of sp³-hybridized carbons (Fsp3) is 0.407. The van der Waals surface area contributed by atoms with Gasteiger partial charge < -0.3 is 34.9 Å². The molecule has 4 N–H and O–H groups in total. The van der Waals surface area contributed by atoms with Crippen LogP contribution in [-0.4, -0.2) is 97.4 Å². The molecule has 1 saturated heterocycles. The molecule has 17 heteroatoms. The van der Waals surface area contributed by atoms with E-state index in [1.165, 1.54) is 11.1 Å². The van der Waals surface area contributed by atoms with Crippen molar-refractivity contribution < 1.29 is 24.5 Å². The van der Waals surface area contributed by atoms with E-state index in [2.05, 4.69) is 41.0 Å². The first-order valence-corrected chi connectivity index (χ1v) is 14.0. The summed E-state index contributed by atoms with van der Waals surface area (Å²) in [6, 6.07) is 9.40. The van der Waals surface area contributed by atoms with Gasteiger partial charge in [0.2, 0.25) is 11.8 Å². The minimum atomic E-state index is -1.30. The molecule has 0 bridgehead atoms. The van der Waals surface area contributed by atoms with Gasteiger partial charge in [-0.3, -0.25) is 9.36 Å². The number of aryl methyl sites for hydroxylation is 2. The number of aliphatic hydroxyl groups excluding tert-OH is 2. The first-order valence-electron chi connectivity index (χ1n) is 14.0. The number of aliphatic hydroxyl groups is 2. The predicted molar refractivity (Wildman–Crippen MR) is 154 cm³/mol. The molecule has 5 heterocycles. The molecule has 0 spiro atoms. The standard InChI is InChI=1S/C27H32N12O5/c1-37-11-17(29-13-37)8-9-28-27-32-23(31-18(12-40)10-16-6-4-3-5-7-16)19-25(33-27)39(14-30-19)26-22(43-15-41)20(42)21(44-26)24-34-36-38(2)35-24/h3-7,11,13-15,18,20-22,26,40,42H,8-10,12H2,1-2H3,(H2,28,31,32,33)/t18-,20+,21-,22+,26+/m0/s1. The average molecular weight is 605 g/mol. The van der Waals surface area contributed by atoms with Crippen molar-refractivity contribution in [2.24, 2.45) is 14.1 Å². The van der Waals surface area contributed by atoms with Crippen LogP contribution in [0.4, 0.5) is 11.8 Å². The lowest BCUT2D eigenvalue weighted by atomic mass is 10.1. The Bertz CT molecular complexity index is 1710.